The summed E-state index contributed by atoms with van der Waals surface area (Å²) >= 11 is 0. The van der Waals surface area contributed by atoms with Crippen molar-refractivity contribution in [2.45, 2.75) is 25.7 Å². The number of hydrogen-bond acceptors (Lipinski definition) is 5. The number of ether oxygens (including phenoxy) is 2. The fraction of sp³-hybridized carbons (Fsp3) is 0.429. The maximum absolute atomic E-state index is 13.7. The van der Waals surface area contributed by atoms with Gasteiger partial charge in [0.1, 0.15) is 5.75 Å². The molecule has 0 saturated carbocycles. The Kier molecular flexibility index (Phi) is 6.95. The van der Waals surface area contributed by atoms with Gasteiger partial charge in [0.15, 0.2) is 0 Å². The lowest BCUT2D eigenvalue weighted by Crippen LogP contribution is -2.37. The summed E-state index contributed by atoms with van der Waals surface area (Å²) in [5.41, 5.74) is 4.00. The molecule has 1 unspecified atom stereocenters. The molecule has 0 N–H and O–H groups in total. The number of pyridine rings is 1. The molecule has 2 saturated heterocycles. The summed E-state index contributed by atoms with van der Waals surface area (Å²) in [7, 11) is 1.63. The van der Waals surface area contributed by atoms with Gasteiger partial charge in [-0.1, -0.05) is 18.2 Å². The molecule has 6 heteroatoms. The number of carbonyl (C=O) groups is 1. The zero-order valence-corrected chi connectivity index (χ0v) is 19.9. The average molecular weight is 460 g/mol. The second-order valence-corrected chi connectivity index (χ2v) is 9.32. The van der Waals surface area contributed by atoms with Crippen LogP contribution in [0.1, 0.15) is 35.2 Å². The highest BCUT2D eigenvalue weighted by Crippen LogP contribution is 2.29. The standard InChI is InChI=1S/C28H33N3O3/c1-33-27-11-10-23(30-13-3-2-4-14-30)18-25(27)28(32)31-15-16-34-20-21(19-31)17-22-7-5-9-26-24(22)8-6-12-29-26/h5-12,18,21H,2-4,13-17,19-20H2,1H3. The zero-order valence-electron chi connectivity index (χ0n) is 19.9. The number of hydrogen-bond donors (Lipinski definition) is 0. The molecule has 2 aromatic carbocycles. The predicted octanol–water partition coefficient (Wildman–Crippen LogP) is 4.57. The molecular weight excluding hydrogens is 426 g/mol. The van der Waals surface area contributed by atoms with E-state index in [-0.39, 0.29) is 11.8 Å². The van der Waals surface area contributed by atoms with Crippen LogP contribution in [0.5, 0.6) is 5.75 Å². The van der Waals surface area contributed by atoms with Crippen LogP contribution in [0.15, 0.2) is 54.7 Å². The Hall–Kier alpha value is -3.12. The summed E-state index contributed by atoms with van der Waals surface area (Å²) in [4.78, 5) is 22.5. The number of aromatic nitrogens is 1. The first-order valence-corrected chi connectivity index (χ1v) is 12.4. The Bertz CT molecular complexity index is 1140. The molecule has 1 aromatic heterocycles. The van der Waals surface area contributed by atoms with Crippen LogP contribution in [0, 0.1) is 5.92 Å². The molecule has 5 rings (SSSR count). The van der Waals surface area contributed by atoms with E-state index in [2.05, 4.69) is 34.1 Å². The molecule has 34 heavy (non-hydrogen) atoms. The monoisotopic (exact) mass is 459 g/mol. The smallest absolute Gasteiger partial charge is 0.257 e. The van der Waals surface area contributed by atoms with Gasteiger partial charge in [0.25, 0.3) is 5.91 Å². The largest absolute Gasteiger partial charge is 0.496 e. The zero-order chi connectivity index (χ0) is 23.3. The average Bonchev–Trinajstić information content (AvgIpc) is 3.14. The predicted molar refractivity (Wildman–Crippen MR) is 135 cm³/mol. The summed E-state index contributed by atoms with van der Waals surface area (Å²) in [5, 5.41) is 1.17. The number of carbonyl (C=O) groups excluding carboxylic acids is 1. The van der Waals surface area contributed by atoms with Gasteiger partial charge in [-0.05, 0) is 61.6 Å². The summed E-state index contributed by atoms with van der Waals surface area (Å²) in [6, 6.07) is 16.4. The van der Waals surface area contributed by atoms with Crippen molar-refractivity contribution in [3.8, 4) is 5.75 Å². The van der Waals surface area contributed by atoms with Crippen molar-refractivity contribution in [1.29, 1.82) is 0 Å². The minimum atomic E-state index is 0.0193. The van der Waals surface area contributed by atoms with Gasteiger partial charge in [-0.3, -0.25) is 9.78 Å². The highest BCUT2D eigenvalue weighted by molar-refractivity contribution is 5.98. The number of rotatable bonds is 5. The number of nitrogens with zero attached hydrogens (tertiary/aromatic N) is 3. The Balaban J connectivity index is 1.37. The van der Waals surface area contributed by atoms with Crippen LogP contribution in [-0.2, 0) is 11.2 Å². The summed E-state index contributed by atoms with van der Waals surface area (Å²) in [5.74, 6) is 0.868. The van der Waals surface area contributed by atoms with Gasteiger partial charge < -0.3 is 19.3 Å². The third kappa shape index (κ3) is 4.87. The van der Waals surface area contributed by atoms with Crippen molar-refractivity contribution in [1.82, 2.24) is 9.88 Å². The number of anilines is 1. The van der Waals surface area contributed by atoms with Crippen LogP contribution in [-0.4, -0.2) is 62.3 Å². The number of piperidine rings is 1. The fourth-order valence-electron chi connectivity index (χ4n) is 5.23. The van der Waals surface area contributed by atoms with Crippen LogP contribution in [0.3, 0.4) is 0 Å². The second kappa shape index (κ2) is 10.4. The SMILES string of the molecule is COc1ccc(N2CCCCC2)cc1C(=O)N1CCOCC(Cc2cccc3ncccc23)C1. The van der Waals surface area contributed by atoms with Gasteiger partial charge in [0, 0.05) is 49.4 Å². The van der Waals surface area contributed by atoms with E-state index in [1.807, 2.05) is 35.4 Å². The van der Waals surface area contributed by atoms with Crippen LogP contribution in [0.2, 0.25) is 0 Å². The normalized spacial score (nSPS) is 19.1. The molecule has 2 aliphatic rings. The van der Waals surface area contributed by atoms with Gasteiger partial charge in [0.2, 0.25) is 0 Å². The lowest BCUT2D eigenvalue weighted by atomic mass is 9.96. The Labute approximate surface area is 201 Å². The van der Waals surface area contributed by atoms with Crippen LogP contribution in [0.4, 0.5) is 5.69 Å². The first-order valence-electron chi connectivity index (χ1n) is 12.4. The summed E-state index contributed by atoms with van der Waals surface area (Å²) in [6.45, 7) is 4.52. The Morgan fingerprint density at radius 3 is 2.82 bits per heavy atom. The van der Waals surface area contributed by atoms with E-state index in [1.54, 1.807) is 7.11 Å². The number of amides is 1. The van der Waals surface area contributed by atoms with E-state index in [9.17, 15) is 4.79 Å². The second-order valence-electron chi connectivity index (χ2n) is 9.32. The van der Waals surface area contributed by atoms with Gasteiger partial charge >= 0.3 is 0 Å². The molecule has 2 fully saturated rings. The Morgan fingerprint density at radius 2 is 1.97 bits per heavy atom. The van der Waals surface area contributed by atoms with Gasteiger partial charge in [-0.2, -0.15) is 0 Å². The highest BCUT2D eigenvalue weighted by Gasteiger charge is 2.27. The summed E-state index contributed by atoms with van der Waals surface area (Å²) in [6.07, 6.45) is 6.35. The molecule has 6 nitrogen and oxygen atoms in total. The molecule has 0 bridgehead atoms. The van der Waals surface area contributed by atoms with E-state index in [1.165, 1.54) is 30.2 Å². The van der Waals surface area contributed by atoms with E-state index in [0.717, 1.165) is 30.7 Å². The van der Waals surface area contributed by atoms with Crippen molar-refractivity contribution in [3.05, 3.63) is 65.9 Å². The maximum Gasteiger partial charge on any atom is 0.257 e. The van der Waals surface area contributed by atoms with Crippen LogP contribution < -0.4 is 9.64 Å². The van der Waals surface area contributed by atoms with E-state index >= 15 is 0 Å². The number of methoxy groups -OCH3 is 1. The molecule has 1 atom stereocenters. The van der Waals surface area contributed by atoms with Gasteiger partial charge in [0.05, 0.1) is 31.4 Å². The topological polar surface area (TPSA) is 54.9 Å². The minimum absolute atomic E-state index is 0.0193. The van der Waals surface area contributed by atoms with Crippen molar-refractivity contribution in [3.63, 3.8) is 0 Å². The van der Waals surface area contributed by atoms with Crippen molar-refractivity contribution < 1.29 is 14.3 Å². The van der Waals surface area contributed by atoms with Crippen molar-refractivity contribution >= 4 is 22.5 Å². The molecule has 0 radical (unpaired) electrons. The molecule has 0 aliphatic carbocycles. The Morgan fingerprint density at radius 1 is 1.09 bits per heavy atom. The van der Waals surface area contributed by atoms with E-state index in [4.69, 9.17) is 9.47 Å². The van der Waals surface area contributed by atoms with E-state index < -0.39 is 0 Å². The van der Waals surface area contributed by atoms with Gasteiger partial charge in [-0.15, -0.1) is 0 Å². The quantitative estimate of drug-likeness (QED) is 0.560. The molecule has 178 valence electrons. The molecule has 0 spiro atoms. The van der Waals surface area contributed by atoms with Crippen molar-refractivity contribution in [2.24, 2.45) is 5.92 Å². The van der Waals surface area contributed by atoms with Crippen LogP contribution >= 0.6 is 0 Å². The van der Waals surface area contributed by atoms with Crippen LogP contribution in [0.25, 0.3) is 10.9 Å². The maximum atomic E-state index is 13.7. The fourth-order valence-corrected chi connectivity index (χ4v) is 5.23. The summed E-state index contributed by atoms with van der Waals surface area (Å²) < 4.78 is 11.5. The molecular formula is C28H33N3O3. The molecule has 2 aliphatic heterocycles. The lowest BCUT2D eigenvalue weighted by molar-refractivity contribution is 0.0734. The minimum Gasteiger partial charge on any atom is -0.496 e. The highest BCUT2D eigenvalue weighted by atomic mass is 16.5. The third-order valence-electron chi connectivity index (χ3n) is 7.00. The first kappa shape index (κ1) is 22.7. The van der Waals surface area contributed by atoms with Gasteiger partial charge in [-0.25, -0.2) is 0 Å². The first-order chi connectivity index (χ1) is 16.7. The third-order valence-corrected chi connectivity index (χ3v) is 7.00. The number of fused-ring (bicyclic) bond motifs is 1. The molecule has 3 aromatic rings. The molecule has 3 heterocycles. The number of benzene rings is 2. The van der Waals surface area contributed by atoms with Crippen molar-refractivity contribution in [2.75, 3.05) is 51.4 Å². The van der Waals surface area contributed by atoms with E-state index in [0.29, 0.717) is 37.6 Å². The lowest BCUT2D eigenvalue weighted by Gasteiger charge is -2.30. The molecule has 1 amide bonds.